The van der Waals surface area contributed by atoms with Crippen molar-refractivity contribution in [3.63, 3.8) is 0 Å². The Kier molecular flexibility index (Phi) is 2.79. The van der Waals surface area contributed by atoms with Gasteiger partial charge in [0.25, 0.3) is 0 Å². The molecule has 0 saturated carbocycles. The van der Waals surface area contributed by atoms with Crippen molar-refractivity contribution in [3.05, 3.63) is 41.0 Å². The Bertz CT molecular complexity index is 548. The van der Waals surface area contributed by atoms with Crippen LogP contribution in [-0.2, 0) is 16.1 Å². The highest BCUT2D eigenvalue weighted by molar-refractivity contribution is 6.24. The first-order valence-corrected chi connectivity index (χ1v) is 5.44. The molecule has 0 spiro atoms. The standard InChI is InChI=1S/C13H14N2O2/c1-8-9(2)13(17)11(10(3)12(8)16)6-15-5-4-14-7-15/h4-5,7H,6H2,1-3H3. The molecule has 0 aromatic carbocycles. The molecule has 1 aliphatic rings. The van der Waals surface area contributed by atoms with Crippen LogP contribution in [0.15, 0.2) is 41.0 Å². The van der Waals surface area contributed by atoms with E-state index in [-0.39, 0.29) is 11.6 Å². The van der Waals surface area contributed by atoms with Crippen LogP contribution in [0.25, 0.3) is 0 Å². The monoisotopic (exact) mass is 230 g/mol. The molecule has 0 fully saturated rings. The van der Waals surface area contributed by atoms with Crippen LogP contribution in [0.2, 0.25) is 0 Å². The van der Waals surface area contributed by atoms with Gasteiger partial charge in [-0.2, -0.15) is 0 Å². The fourth-order valence-electron chi connectivity index (χ4n) is 1.91. The second-order valence-corrected chi connectivity index (χ2v) is 4.25. The number of hydrogen-bond donors (Lipinski definition) is 0. The maximum atomic E-state index is 12.1. The van der Waals surface area contributed by atoms with E-state index in [0.717, 1.165) is 0 Å². The van der Waals surface area contributed by atoms with Gasteiger partial charge in [-0.05, 0) is 20.8 Å². The van der Waals surface area contributed by atoms with Gasteiger partial charge in [0.1, 0.15) is 0 Å². The molecule has 88 valence electrons. The number of Topliss-reactive ketones (excluding diaryl/α,β-unsaturated/α-hetero) is 2. The van der Waals surface area contributed by atoms with Gasteiger partial charge in [0.2, 0.25) is 0 Å². The molecular formula is C13H14N2O2. The van der Waals surface area contributed by atoms with Crippen LogP contribution in [-0.4, -0.2) is 21.1 Å². The zero-order valence-corrected chi connectivity index (χ0v) is 10.2. The molecule has 0 atom stereocenters. The Labute approximate surface area is 99.7 Å². The molecule has 4 heteroatoms. The fraction of sp³-hybridized carbons (Fsp3) is 0.308. The number of carbonyl (C=O) groups is 2. The number of rotatable bonds is 2. The van der Waals surface area contributed by atoms with E-state index in [0.29, 0.717) is 28.8 Å². The predicted molar refractivity (Wildman–Crippen MR) is 63.3 cm³/mol. The van der Waals surface area contributed by atoms with Gasteiger partial charge in [-0.15, -0.1) is 0 Å². The van der Waals surface area contributed by atoms with Crippen molar-refractivity contribution in [1.29, 1.82) is 0 Å². The molecule has 1 aromatic rings. The Hall–Kier alpha value is -1.97. The third-order valence-corrected chi connectivity index (χ3v) is 3.21. The van der Waals surface area contributed by atoms with E-state index < -0.39 is 0 Å². The number of imidazole rings is 1. The van der Waals surface area contributed by atoms with Crippen molar-refractivity contribution in [1.82, 2.24) is 9.55 Å². The summed E-state index contributed by atoms with van der Waals surface area (Å²) in [5, 5.41) is 0. The molecule has 2 rings (SSSR count). The van der Waals surface area contributed by atoms with E-state index in [1.54, 1.807) is 44.1 Å². The molecule has 4 nitrogen and oxygen atoms in total. The summed E-state index contributed by atoms with van der Waals surface area (Å²) < 4.78 is 1.79. The summed E-state index contributed by atoms with van der Waals surface area (Å²) in [5.41, 5.74) is 2.22. The number of ketones is 2. The molecule has 1 aromatic heterocycles. The third kappa shape index (κ3) is 1.86. The molecule has 0 N–H and O–H groups in total. The van der Waals surface area contributed by atoms with Crippen molar-refractivity contribution in [2.24, 2.45) is 0 Å². The van der Waals surface area contributed by atoms with E-state index in [9.17, 15) is 9.59 Å². The van der Waals surface area contributed by atoms with Crippen molar-refractivity contribution in [2.75, 3.05) is 0 Å². The van der Waals surface area contributed by atoms with Crippen LogP contribution >= 0.6 is 0 Å². The zero-order valence-electron chi connectivity index (χ0n) is 10.2. The number of carbonyl (C=O) groups excluding carboxylic acids is 2. The Morgan fingerprint density at radius 3 is 2.29 bits per heavy atom. The van der Waals surface area contributed by atoms with Gasteiger partial charge in [0.05, 0.1) is 12.9 Å². The average Bonchev–Trinajstić information content (AvgIpc) is 2.82. The van der Waals surface area contributed by atoms with Gasteiger partial charge in [-0.3, -0.25) is 9.59 Å². The lowest BCUT2D eigenvalue weighted by atomic mass is 9.86. The minimum Gasteiger partial charge on any atom is -0.333 e. The van der Waals surface area contributed by atoms with Crippen molar-refractivity contribution in [3.8, 4) is 0 Å². The van der Waals surface area contributed by atoms with Gasteiger partial charge in [0, 0.05) is 34.7 Å². The minimum atomic E-state index is -0.0340. The number of aromatic nitrogens is 2. The first-order valence-electron chi connectivity index (χ1n) is 5.44. The molecule has 17 heavy (non-hydrogen) atoms. The summed E-state index contributed by atoms with van der Waals surface area (Å²) in [6, 6.07) is 0. The van der Waals surface area contributed by atoms with E-state index in [4.69, 9.17) is 0 Å². The Morgan fingerprint density at radius 2 is 1.71 bits per heavy atom. The lowest BCUT2D eigenvalue weighted by Gasteiger charge is -2.18. The maximum Gasteiger partial charge on any atom is 0.187 e. The summed E-state index contributed by atoms with van der Waals surface area (Å²) in [5.74, 6) is -0.0643. The van der Waals surface area contributed by atoms with Crippen LogP contribution in [0.1, 0.15) is 20.8 Å². The molecule has 0 unspecified atom stereocenters. The van der Waals surface area contributed by atoms with Gasteiger partial charge < -0.3 is 4.57 Å². The highest BCUT2D eigenvalue weighted by atomic mass is 16.1. The molecule has 0 amide bonds. The Morgan fingerprint density at radius 1 is 1.06 bits per heavy atom. The van der Waals surface area contributed by atoms with E-state index in [1.807, 2.05) is 0 Å². The molecule has 1 aliphatic carbocycles. The normalized spacial score (nSPS) is 17.1. The summed E-state index contributed by atoms with van der Waals surface area (Å²) >= 11 is 0. The van der Waals surface area contributed by atoms with Gasteiger partial charge >= 0.3 is 0 Å². The first kappa shape index (κ1) is 11.5. The van der Waals surface area contributed by atoms with Crippen molar-refractivity contribution < 1.29 is 9.59 Å². The van der Waals surface area contributed by atoms with Crippen LogP contribution in [0.3, 0.4) is 0 Å². The summed E-state index contributed by atoms with van der Waals surface area (Å²) in [6.45, 7) is 5.52. The predicted octanol–water partition coefficient (Wildman–Crippen LogP) is 1.69. The minimum absolute atomic E-state index is 0.0304. The topological polar surface area (TPSA) is 52.0 Å². The highest BCUT2D eigenvalue weighted by Crippen LogP contribution is 2.24. The number of hydrogen-bond acceptors (Lipinski definition) is 3. The largest absolute Gasteiger partial charge is 0.333 e. The highest BCUT2D eigenvalue weighted by Gasteiger charge is 2.27. The van der Waals surface area contributed by atoms with Crippen LogP contribution < -0.4 is 0 Å². The second kappa shape index (κ2) is 4.13. The molecule has 0 aliphatic heterocycles. The molecular weight excluding hydrogens is 216 g/mol. The maximum absolute atomic E-state index is 12.1. The lowest BCUT2D eigenvalue weighted by molar-refractivity contribution is -0.116. The average molecular weight is 230 g/mol. The quantitative estimate of drug-likeness (QED) is 0.726. The number of allylic oxidation sites excluding steroid dienone is 4. The van der Waals surface area contributed by atoms with Crippen LogP contribution in [0.5, 0.6) is 0 Å². The second-order valence-electron chi connectivity index (χ2n) is 4.25. The summed E-state index contributed by atoms with van der Waals surface area (Å²) in [7, 11) is 0. The summed E-state index contributed by atoms with van der Waals surface area (Å²) in [4.78, 5) is 28.0. The molecule has 1 heterocycles. The van der Waals surface area contributed by atoms with Crippen LogP contribution in [0.4, 0.5) is 0 Å². The first-order chi connectivity index (χ1) is 8.02. The molecule has 0 radical (unpaired) electrons. The lowest BCUT2D eigenvalue weighted by Crippen LogP contribution is -2.23. The smallest absolute Gasteiger partial charge is 0.187 e. The van der Waals surface area contributed by atoms with E-state index >= 15 is 0 Å². The van der Waals surface area contributed by atoms with Crippen molar-refractivity contribution in [2.45, 2.75) is 27.3 Å². The SMILES string of the molecule is CC1=C(C)C(=O)C(Cn2ccnc2)=C(C)C1=O. The van der Waals surface area contributed by atoms with Gasteiger partial charge in [-0.25, -0.2) is 4.98 Å². The third-order valence-electron chi connectivity index (χ3n) is 3.21. The number of nitrogens with zero attached hydrogens (tertiary/aromatic N) is 2. The van der Waals surface area contributed by atoms with E-state index in [2.05, 4.69) is 4.98 Å². The van der Waals surface area contributed by atoms with Crippen LogP contribution in [0, 0.1) is 0 Å². The van der Waals surface area contributed by atoms with Gasteiger partial charge in [-0.1, -0.05) is 0 Å². The van der Waals surface area contributed by atoms with E-state index in [1.165, 1.54) is 0 Å². The molecule has 0 saturated heterocycles. The van der Waals surface area contributed by atoms with Crippen molar-refractivity contribution >= 4 is 11.6 Å². The van der Waals surface area contributed by atoms with Gasteiger partial charge in [0.15, 0.2) is 11.6 Å². The fourth-order valence-corrected chi connectivity index (χ4v) is 1.91. The Balaban J connectivity index is 2.40. The zero-order chi connectivity index (χ0) is 12.6. The summed E-state index contributed by atoms with van der Waals surface area (Å²) in [6.07, 6.45) is 5.07. The molecule has 0 bridgehead atoms.